The molecule has 0 spiro atoms. The summed E-state index contributed by atoms with van der Waals surface area (Å²) >= 11 is 4.80. The second-order valence-electron chi connectivity index (χ2n) is 4.11. The minimum Gasteiger partial charge on any atom is -0.236 e. The van der Waals surface area contributed by atoms with Crippen LogP contribution in [0.4, 0.5) is 8.78 Å². The molecule has 0 amide bonds. The molecule has 2 aromatic carbocycles. The summed E-state index contributed by atoms with van der Waals surface area (Å²) in [5.41, 5.74) is 1.14. The normalized spacial score (nSPS) is 10.8. The van der Waals surface area contributed by atoms with Gasteiger partial charge in [0.2, 0.25) is 0 Å². The van der Waals surface area contributed by atoms with Crippen LogP contribution >= 0.6 is 27.3 Å². The summed E-state index contributed by atoms with van der Waals surface area (Å²) in [6, 6.07) is 11.4. The number of aromatic nitrogens is 1. The third kappa shape index (κ3) is 2.39. The third-order valence-electron chi connectivity index (χ3n) is 2.83. The lowest BCUT2D eigenvalue weighted by atomic mass is 10.1. The molecule has 3 aromatic rings. The van der Waals surface area contributed by atoms with Crippen LogP contribution in [0.5, 0.6) is 0 Å². The van der Waals surface area contributed by atoms with Crippen LogP contribution < -0.4 is 0 Å². The molecule has 0 aliphatic heterocycles. The molecule has 0 bridgehead atoms. The predicted molar refractivity (Wildman–Crippen MR) is 80.6 cm³/mol. The molecule has 1 aromatic heterocycles. The molecule has 0 N–H and O–H groups in total. The van der Waals surface area contributed by atoms with E-state index in [1.54, 1.807) is 5.38 Å². The molecule has 1 nitrogen and oxygen atoms in total. The molecule has 0 unspecified atom stereocenters. The van der Waals surface area contributed by atoms with Crippen LogP contribution in [0.2, 0.25) is 0 Å². The number of benzene rings is 2. The largest absolute Gasteiger partial charge is 0.236 e. The molecule has 3 rings (SSSR count). The Kier molecular flexibility index (Phi) is 3.63. The van der Waals surface area contributed by atoms with Crippen molar-refractivity contribution in [2.24, 2.45) is 0 Å². The Morgan fingerprint density at radius 1 is 0.950 bits per heavy atom. The van der Waals surface area contributed by atoms with E-state index in [2.05, 4.69) is 20.9 Å². The van der Waals surface area contributed by atoms with Gasteiger partial charge in [0.1, 0.15) is 16.6 Å². The van der Waals surface area contributed by atoms with Crippen molar-refractivity contribution < 1.29 is 8.78 Å². The van der Waals surface area contributed by atoms with Crippen LogP contribution in [0.3, 0.4) is 0 Å². The molecule has 0 saturated carbocycles. The SMILES string of the molecule is Fc1cccc(F)c1-c1csc(-c2ccccc2Br)n1. The average Bonchev–Trinajstić information content (AvgIpc) is 2.88. The Bertz CT molecular complexity index is 750. The Labute approximate surface area is 127 Å². The fourth-order valence-corrected chi connectivity index (χ4v) is 3.34. The van der Waals surface area contributed by atoms with Crippen molar-refractivity contribution in [3.05, 3.63) is 64.0 Å². The topological polar surface area (TPSA) is 12.9 Å². The molecular weight excluding hydrogens is 344 g/mol. The zero-order valence-corrected chi connectivity index (χ0v) is 12.5. The van der Waals surface area contributed by atoms with Crippen LogP contribution in [-0.2, 0) is 0 Å². The lowest BCUT2D eigenvalue weighted by molar-refractivity contribution is 0.589. The van der Waals surface area contributed by atoms with Gasteiger partial charge in [0.15, 0.2) is 0 Å². The smallest absolute Gasteiger partial charge is 0.135 e. The Morgan fingerprint density at radius 2 is 1.65 bits per heavy atom. The monoisotopic (exact) mass is 351 g/mol. The highest BCUT2D eigenvalue weighted by atomic mass is 79.9. The summed E-state index contributed by atoms with van der Waals surface area (Å²) < 4.78 is 28.4. The van der Waals surface area contributed by atoms with Crippen molar-refractivity contribution in [1.82, 2.24) is 4.98 Å². The van der Waals surface area contributed by atoms with Gasteiger partial charge in [-0.2, -0.15) is 0 Å². The van der Waals surface area contributed by atoms with E-state index in [9.17, 15) is 8.78 Å². The molecule has 5 heteroatoms. The van der Waals surface area contributed by atoms with Crippen LogP contribution in [-0.4, -0.2) is 4.98 Å². The van der Waals surface area contributed by atoms with E-state index < -0.39 is 11.6 Å². The Hall–Kier alpha value is -1.59. The Morgan fingerprint density at radius 3 is 2.35 bits per heavy atom. The molecule has 0 radical (unpaired) electrons. The minimum atomic E-state index is -0.603. The van der Waals surface area contributed by atoms with Gasteiger partial charge in [0.25, 0.3) is 0 Å². The molecule has 0 fully saturated rings. The summed E-state index contributed by atoms with van der Waals surface area (Å²) in [5, 5.41) is 2.38. The van der Waals surface area contributed by atoms with Gasteiger partial charge in [0, 0.05) is 15.4 Å². The molecule has 0 atom stereocenters. The fourth-order valence-electron chi connectivity index (χ4n) is 1.89. The quantitative estimate of drug-likeness (QED) is 0.592. The minimum absolute atomic E-state index is 0.0814. The Balaban J connectivity index is 2.10. The first-order valence-corrected chi connectivity index (χ1v) is 7.49. The van der Waals surface area contributed by atoms with E-state index >= 15 is 0 Å². The van der Waals surface area contributed by atoms with Gasteiger partial charge in [0.05, 0.1) is 11.3 Å². The number of nitrogens with zero attached hydrogens (tertiary/aromatic N) is 1. The van der Waals surface area contributed by atoms with Gasteiger partial charge in [-0.3, -0.25) is 0 Å². The summed E-state index contributed by atoms with van der Waals surface area (Å²) in [6.45, 7) is 0. The van der Waals surface area contributed by atoms with E-state index in [0.29, 0.717) is 5.69 Å². The zero-order valence-electron chi connectivity index (χ0n) is 10.1. The van der Waals surface area contributed by atoms with Crippen LogP contribution in [0.25, 0.3) is 21.8 Å². The maximum Gasteiger partial charge on any atom is 0.135 e. The van der Waals surface area contributed by atoms with Gasteiger partial charge in [-0.05, 0) is 18.2 Å². The first-order chi connectivity index (χ1) is 9.66. The number of thiazole rings is 1. The molecular formula is C15H8BrF2NS. The summed E-state index contributed by atoms with van der Waals surface area (Å²) in [7, 11) is 0. The molecule has 0 saturated heterocycles. The van der Waals surface area contributed by atoms with E-state index in [0.717, 1.165) is 15.0 Å². The van der Waals surface area contributed by atoms with Crippen LogP contribution in [0, 0.1) is 11.6 Å². The average molecular weight is 352 g/mol. The second kappa shape index (κ2) is 5.42. The molecule has 0 aliphatic carbocycles. The maximum absolute atomic E-state index is 13.7. The zero-order chi connectivity index (χ0) is 14.1. The number of hydrogen-bond donors (Lipinski definition) is 0. The molecule has 20 heavy (non-hydrogen) atoms. The first kappa shape index (κ1) is 13.4. The predicted octanol–water partition coefficient (Wildman–Crippen LogP) is 5.52. The number of halogens is 3. The highest BCUT2D eigenvalue weighted by Gasteiger charge is 2.15. The summed E-state index contributed by atoms with van der Waals surface area (Å²) in [6.07, 6.45) is 0. The van der Waals surface area contributed by atoms with Crippen LogP contribution in [0.15, 0.2) is 52.3 Å². The summed E-state index contributed by atoms with van der Waals surface area (Å²) in [5.74, 6) is -1.21. The lowest BCUT2D eigenvalue weighted by Gasteiger charge is -2.01. The highest BCUT2D eigenvalue weighted by Crippen LogP contribution is 2.34. The number of hydrogen-bond acceptors (Lipinski definition) is 2. The molecule has 100 valence electrons. The fraction of sp³-hybridized carbons (Fsp3) is 0. The molecule has 1 heterocycles. The van der Waals surface area contributed by atoms with Gasteiger partial charge in [-0.1, -0.05) is 40.2 Å². The van der Waals surface area contributed by atoms with Crippen molar-refractivity contribution in [3.63, 3.8) is 0 Å². The van der Waals surface area contributed by atoms with E-state index in [1.807, 2.05) is 24.3 Å². The third-order valence-corrected chi connectivity index (χ3v) is 4.39. The summed E-state index contributed by atoms with van der Waals surface area (Å²) in [4.78, 5) is 4.34. The molecule has 0 aliphatic rings. The van der Waals surface area contributed by atoms with E-state index in [4.69, 9.17) is 0 Å². The van der Waals surface area contributed by atoms with Crippen molar-refractivity contribution in [3.8, 4) is 21.8 Å². The highest BCUT2D eigenvalue weighted by molar-refractivity contribution is 9.10. The van der Waals surface area contributed by atoms with Crippen molar-refractivity contribution in [1.29, 1.82) is 0 Å². The van der Waals surface area contributed by atoms with Gasteiger partial charge >= 0.3 is 0 Å². The maximum atomic E-state index is 13.7. The second-order valence-corrected chi connectivity index (χ2v) is 5.83. The van der Waals surface area contributed by atoms with E-state index in [1.165, 1.54) is 29.5 Å². The lowest BCUT2D eigenvalue weighted by Crippen LogP contribution is -1.89. The van der Waals surface area contributed by atoms with Gasteiger partial charge < -0.3 is 0 Å². The first-order valence-electron chi connectivity index (χ1n) is 5.81. The van der Waals surface area contributed by atoms with Crippen molar-refractivity contribution >= 4 is 27.3 Å². The van der Waals surface area contributed by atoms with Crippen molar-refractivity contribution in [2.75, 3.05) is 0 Å². The van der Waals surface area contributed by atoms with Crippen LogP contribution in [0.1, 0.15) is 0 Å². The van der Waals surface area contributed by atoms with E-state index in [-0.39, 0.29) is 5.56 Å². The number of rotatable bonds is 2. The van der Waals surface area contributed by atoms with Gasteiger partial charge in [-0.15, -0.1) is 11.3 Å². The standard InChI is InChI=1S/C15H8BrF2NS/c16-10-5-2-1-4-9(10)15-19-13(8-20-15)14-11(17)6-3-7-12(14)18/h1-8H. The van der Waals surface area contributed by atoms with Gasteiger partial charge in [-0.25, -0.2) is 13.8 Å². The van der Waals surface area contributed by atoms with Crippen molar-refractivity contribution in [2.45, 2.75) is 0 Å².